The molecule has 0 spiro atoms. The van der Waals surface area contributed by atoms with E-state index in [4.69, 9.17) is 9.15 Å². The molecule has 0 saturated carbocycles. The van der Waals surface area contributed by atoms with E-state index >= 15 is 0 Å². The largest absolute Gasteiger partial charge is 0.489 e. The van der Waals surface area contributed by atoms with Crippen LogP contribution in [-0.2, 0) is 17.9 Å². The molecule has 36 heavy (non-hydrogen) atoms. The number of hydrogen-bond acceptors (Lipinski definition) is 5. The maximum atomic E-state index is 12.6. The molecule has 0 atom stereocenters. The summed E-state index contributed by atoms with van der Waals surface area (Å²) in [4.78, 5) is 37.9. The first kappa shape index (κ1) is 23.4. The molecule has 1 fully saturated rings. The number of aryl methyl sites for hydroxylation is 1. The second-order valence-electron chi connectivity index (χ2n) is 8.89. The quantitative estimate of drug-likeness (QED) is 0.385. The van der Waals surface area contributed by atoms with Gasteiger partial charge < -0.3 is 19.4 Å². The van der Waals surface area contributed by atoms with Gasteiger partial charge in [-0.3, -0.25) is 9.59 Å². The normalized spacial score (nSPS) is 13.2. The van der Waals surface area contributed by atoms with Gasteiger partial charge in [0.05, 0.1) is 0 Å². The maximum absolute atomic E-state index is 12.6. The lowest BCUT2D eigenvalue weighted by molar-refractivity contribution is -0.117. The number of rotatable bonds is 7. The molecule has 2 amide bonds. The molecule has 1 aromatic heterocycles. The molecule has 7 nitrogen and oxygen atoms in total. The molecule has 1 N–H and O–H groups in total. The zero-order chi connectivity index (χ0) is 25.1. The van der Waals surface area contributed by atoms with Crippen LogP contribution in [0.15, 0.2) is 82.0 Å². The summed E-state index contributed by atoms with van der Waals surface area (Å²) in [6.07, 6.45) is 1.50. The van der Waals surface area contributed by atoms with Gasteiger partial charge in [0.1, 0.15) is 17.9 Å². The van der Waals surface area contributed by atoms with E-state index in [9.17, 15) is 14.4 Å². The van der Waals surface area contributed by atoms with Crippen molar-refractivity contribution in [3.8, 4) is 5.75 Å². The standard InChI is InChI=1S/C29H26N2O5/c1-19-15-28(33)36-26-16-24(12-13-25(19)26)35-18-21-4-8-22(9-5-21)29(34)30-17-20-6-10-23(11-7-20)31-14-2-3-27(31)32/h4-13,15-16H,2-3,14,17-18H2,1H3,(H,30,34). The molecule has 7 heteroatoms. The van der Waals surface area contributed by atoms with Crippen LogP contribution in [0, 0.1) is 6.92 Å². The van der Waals surface area contributed by atoms with Crippen molar-refractivity contribution in [1.82, 2.24) is 5.32 Å². The molecular formula is C29H26N2O5. The Kier molecular flexibility index (Phi) is 6.54. The van der Waals surface area contributed by atoms with Gasteiger partial charge in [-0.05, 0) is 66.4 Å². The Balaban J connectivity index is 1.15. The number of hydrogen-bond donors (Lipinski definition) is 1. The van der Waals surface area contributed by atoms with E-state index in [0.29, 0.717) is 36.5 Å². The van der Waals surface area contributed by atoms with Crippen molar-refractivity contribution in [3.63, 3.8) is 0 Å². The van der Waals surface area contributed by atoms with Gasteiger partial charge in [0.25, 0.3) is 5.91 Å². The van der Waals surface area contributed by atoms with Gasteiger partial charge in [-0.2, -0.15) is 0 Å². The van der Waals surface area contributed by atoms with Crippen molar-refractivity contribution >= 4 is 28.5 Å². The number of carbonyl (C=O) groups excluding carboxylic acids is 2. The second kappa shape index (κ2) is 10.1. The first-order valence-corrected chi connectivity index (χ1v) is 11.9. The Morgan fingerprint density at radius 3 is 2.44 bits per heavy atom. The molecular weight excluding hydrogens is 456 g/mol. The molecule has 0 unspecified atom stereocenters. The van der Waals surface area contributed by atoms with Crippen LogP contribution in [0.5, 0.6) is 5.75 Å². The smallest absolute Gasteiger partial charge is 0.336 e. The predicted octanol–water partition coefficient (Wildman–Crippen LogP) is 4.74. The van der Waals surface area contributed by atoms with Gasteiger partial charge in [-0.15, -0.1) is 0 Å². The van der Waals surface area contributed by atoms with E-state index in [2.05, 4.69) is 5.32 Å². The van der Waals surface area contributed by atoms with E-state index in [1.165, 1.54) is 6.07 Å². The summed E-state index contributed by atoms with van der Waals surface area (Å²) in [6.45, 7) is 3.34. The fourth-order valence-electron chi connectivity index (χ4n) is 4.31. The Bertz CT molecular complexity index is 1470. The van der Waals surface area contributed by atoms with E-state index in [0.717, 1.165) is 40.7 Å². The highest BCUT2D eigenvalue weighted by molar-refractivity contribution is 5.95. The third kappa shape index (κ3) is 5.15. The number of ether oxygens (including phenoxy) is 1. The Morgan fingerprint density at radius 1 is 0.972 bits per heavy atom. The van der Waals surface area contributed by atoms with Gasteiger partial charge in [0.15, 0.2) is 0 Å². The summed E-state index contributed by atoms with van der Waals surface area (Å²) in [5.74, 6) is 0.588. The molecule has 4 aromatic rings. The van der Waals surface area contributed by atoms with Gasteiger partial charge >= 0.3 is 5.63 Å². The monoisotopic (exact) mass is 482 g/mol. The van der Waals surface area contributed by atoms with Crippen LogP contribution >= 0.6 is 0 Å². The summed E-state index contributed by atoms with van der Waals surface area (Å²) in [6, 6.07) is 21.8. The summed E-state index contributed by atoms with van der Waals surface area (Å²) in [7, 11) is 0. The zero-order valence-corrected chi connectivity index (χ0v) is 20.0. The van der Waals surface area contributed by atoms with Crippen LogP contribution in [0.4, 0.5) is 5.69 Å². The van der Waals surface area contributed by atoms with Crippen LogP contribution in [0.2, 0.25) is 0 Å². The summed E-state index contributed by atoms with van der Waals surface area (Å²) in [5, 5.41) is 3.80. The number of fused-ring (bicyclic) bond motifs is 1. The van der Waals surface area contributed by atoms with Gasteiger partial charge in [-0.25, -0.2) is 4.79 Å². The molecule has 0 radical (unpaired) electrons. The van der Waals surface area contributed by atoms with E-state index < -0.39 is 0 Å². The molecule has 182 valence electrons. The van der Waals surface area contributed by atoms with Gasteiger partial charge in [0, 0.05) is 48.3 Å². The molecule has 2 heterocycles. The van der Waals surface area contributed by atoms with Crippen LogP contribution in [0.25, 0.3) is 11.0 Å². The molecule has 3 aromatic carbocycles. The Hall–Kier alpha value is -4.39. The summed E-state index contributed by atoms with van der Waals surface area (Å²) in [5.41, 5.74) is 4.28. The van der Waals surface area contributed by atoms with E-state index in [-0.39, 0.29) is 17.4 Å². The summed E-state index contributed by atoms with van der Waals surface area (Å²) < 4.78 is 11.1. The van der Waals surface area contributed by atoms with Crippen LogP contribution in [0.3, 0.4) is 0 Å². The fourth-order valence-corrected chi connectivity index (χ4v) is 4.31. The Morgan fingerprint density at radius 2 is 1.72 bits per heavy atom. The number of anilines is 1. The molecule has 1 aliphatic rings. The van der Waals surface area contributed by atoms with Crippen LogP contribution in [0.1, 0.15) is 39.9 Å². The van der Waals surface area contributed by atoms with Crippen LogP contribution in [-0.4, -0.2) is 18.4 Å². The lowest BCUT2D eigenvalue weighted by atomic mass is 10.1. The fraction of sp³-hybridized carbons (Fsp3) is 0.207. The zero-order valence-electron chi connectivity index (χ0n) is 20.0. The average molecular weight is 483 g/mol. The van der Waals surface area contributed by atoms with E-state index in [1.54, 1.807) is 23.1 Å². The third-order valence-corrected chi connectivity index (χ3v) is 6.32. The Labute approximate surface area is 208 Å². The second-order valence-corrected chi connectivity index (χ2v) is 8.89. The van der Waals surface area contributed by atoms with Crippen molar-refractivity contribution in [2.75, 3.05) is 11.4 Å². The molecule has 1 aliphatic heterocycles. The maximum Gasteiger partial charge on any atom is 0.336 e. The highest BCUT2D eigenvalue weighted by Gasteiger charge is 2.21. The highest BCUT2D eigenvalue weighted by atomic mass is 16.5. The SMILES string of the molecule is Cc1cc(=O)oc2cc(OCc3ccc(C(=O)NCc4ccc(N5CCCC5=O)cc4)cc3)ccc12. The van der Waals surface area contributed by atoms with E-state index in [1.807, 2.05) is 55.5 Å². The average Bonchev–Trinajstić information content (AvgIpc) is 3.32. The number of nitrogens with zero attached hydrogens (tertiary/aromatic N) is 1. The van der Waals surface area contributed by atoms with Crippen molar-refractivity contribution in [2.45, 2.75) is 32.9 Å². The lowest BCUT2D eigenvalue weighted by Gasteiger charge is -2.16. The number of carbonyl (C=O) groups is 2. The predicted molar refractivity (Wildman–Crippen MR) is 137 cm³/mol. The minimum atomic E-state index is -0.387. The first-order chi connectivity index (χ1) is 17.5. The topological polar surface area (TPSA) is 88.8 Å². The first-order valence-electron chi connectivity index (χ1n) is 11.9. The molecule has 0 aliphatic carbocycles. The minimum Gasteiger partial charge on any atom is -0.489 e. The number of benzene rings is 3. The van der Waals surface area contributed by atoms with Crippen LogP contribution < -0.4 is 20.6 Å². The lowest BCUT2D eigenvalue weighted by Crippen LogP contribution is -2.24. The number of amides is 2. The highest BCUT2D eigenvalue weighted by Crippen LogP contribution is 2.23. The third-order valence-electron chi connectivity index (χ3n) is 6.32. The minimum absolute atomic E-state index is 0.158. The van der Waals surface area contributed by atoms with Crippen molar-refractivity contribution in [2.24, 2.45) is 0 Å². The van der Waals surface area contributed by atoms with Crippen molar-refractivity contribution in [1.29, 1.82) is 0 Å². The number of nitrogens with one attached hydrogen (secondary N) is 1. The van der Waals surface area contributed by atoms with Crippen molar-refractivity contribution in [3.05, 3.63) is 105 Å². The van der Waals surface area contributed by atoms with Crippen molar-refractivity contribution < 1.29 is 18.7 Å². The molecule has 5 rings (SSSR count). The van der Waals surface area contributed by atoms with Gasteiger partial charge in [-0.1, -0.05) is 24.3 Å². The summed E-state index contributed by atoms with van der Waals surface area (Å²) >= 11 is 0. The molecule has 1 saturated heterocycles. The van der Waals surface area contributed by atoms with Gasteiger partial charge in [0.2, 0.25) is 5.91 Å². The molecule has 0 bridgehead atoms.